The molecule has 0 N–H and O–H groups in total. The van der Waals surface area contributed by atoms with Crippen LogP contribution >= 0.6 is 11.3 Å². The van der Waals surface area contributed by atoms with Crippen LogP contribution in [-0.4, -0.2) is 36.1 Å². The molecule has 1 heterocycles. The number of thiazole rings is 1. The third-order valence-corrected chi connectivity index (χ3v) is 4.96. The van der Waals surface area contributed by atoms with Crippen LogP contribution in [-0.2, 0) is 4.74 Å². The molecule has 3 aromatic rings. The van der Waals surface area contributed by atoms with Crippen molar-refractivity contribution >= 4 is 28.1 Å². The van der Waals surface area contributed by atoms with Crippen molar-refractivity contribution in [2.24, 2.45) is 0 Å². The molecule has 0 bridgehead atoms. The molecule has 0 fully saturated rings. The molecule has 0 radical (unpaired) electrons. The molecule has 0 unspecified atom stereocenters. The number of anilines is 1. The maximum Gasteiger partial charge on any atom is 0.269 e. The highest BCUT2D eigenvalue weighted by Gasteiger charge is 2.21. The minimum atomic E-state index is -0.462. The molecule has 1 amide bonds. The van der Waals surface area contributed by atoms with E-state index in [1.54, 1.807) is 42.8 Å². The van der Waals surface area contributed by atoms with Crippen LogP contribution in [0.25, 0.3) is 11.3 Å². The molecule has 0 aliphatic heterocycles. The number of benzene rings is 2. The highest BCUT2D eigenvalue weighted by molar-refractivity contribution is 7.14. The minimum Gasteiger partial charge on any atom is -0.383 e. The number of carbonyl (C=O) groups excluding carboxylic acids is 1. The van der Waals surface area contributed by atoms with Gasteiger partial charge in [0.2, 0.25) is 0 Å². The van der Waals surface area contributed by atoms with E-state index in [2.05, 4.69) is 4.98 Å². The van der Waals surface area contributed by atoms with Gasteiger partial charge in [0, 0.05) is 35.7 Å². The van der Waals surface area contributed by atoms with Crippen LogP contribution in [0.2, 0.25) is 0 Å². The van der Waals surface area contributed by atoms with Crippen molar-refractivity contribution in [3.8, 4) is 17.3 Å². The normalized spacial score (nSPS) is 10.3. The van der Waals surface area contributed by atoms with Crippen LogP contribution in [0.4, 0.5) is 10.8 Å². The molecule has 0 saturated carbocycles. The van der Waals surface area contributed by atoms with Crippen molar-refractivity contribution in [2.45, 2.75) is 0 Å². The summed E-state index contributed by atoms with van der Waals surface area (Å²) in [5.41, 5.74) is 2.10. The van der Waals surface area contributed by atoms with Gasteiger partial charge in [0.05, 0.1) is 35.4 Å². The second-order valence-corrected chi connectivity index (χ2v) is 6.80. The zero-order valence-corrected chi connectivity index (χ0v) is 16.3. The quantitative estimate of drug-likeness (QED) is 0.433. The molecular weight excluding hydrogens is 392 g/mol. The number of ether oxygens (including phenoxy) is 1. The maximum absolute atomic E-state index is 13.0. The number of non-ortho nitro benzene ring substituents is 1. The number of nitro groups is 1. The SMILES string of the molecule is COCCN(C(=O)c1cccc(C#N)c1)c1nc(-c2ccc([N+](=O)[O-])cc2)cs1. The van der Waals surface area contributed by atoms with E-state index >= 15 is 0 Å². The predicted molar refractivity (Wildman–Crippen MR) is 109 cm³/mol. The van der Waals surface area contributed by atoms with Crippen LogP contribution in [0.15, 0.2) is 53.9 Å². The number of rotatable bonds is 7. The number of nitriles is 1. The fraction of sp³-hybridized carbons (Fsp3) is 0.150. The molecule has 3 rings (SSSR count). The first kappa shape index (κ1) is 20.1. The molecule has 0 aliphatic carbocycles. The summed E-state index contributed by atoms with van der Waals surface area (Å²) in [7, 11) is 1.54. The second-order valence-electron chi connectivity index (χ2n) is 5.96. The summed E-state index contributed by atoms with van der Waals surface area (Å²) in [4.78, 5) is 29.4. The van der Waals surface area contributed by atoms with Gasteiger partial charge in [0.25, 0.3) is 11.6 Å². The third-order valence-electron chi connectivity index (χ3n) is 4.10. The summed E-state index contributed by atoms with van der Waals surface area (Å²) in [6.45, 7) is 0.607. The molecule has 8 nitrogen and oxygen atoms in total. The van der Waals surface area contributed by atoms with E-state index in [9.17, 15) is 14.9 Å². The van der Waals surface area contributed by atoms with Crippen LogP contribution in [0.3, 0.4) is 0 Å². The number of nitrogens with zero attached hydrogens (tertiary/aromatic N) is 4. The number of amides is 1. The molecule has 0 spiro atoms. The van der Waals surface area contributed by atoms with Gasteiger partial charge in [-0.1, -0.05) is 6.07 Å². The average molecular weight is 408 g/mol. The van der Waals surface area contributed by atoms with Gasteiger partial charge in [-0.15, -0.1) is 11.3 Å². The van der Waals surface area contributed by atoms with Gasteiger partial charge in [0.1, 0.15) is 0 Å². The van der Waals surface area contributed by atoms with Crippen LogP contribution in [0, 0.1) is 21.4 Å². The minimum absolute atomic E-state index is 0.00141. The largest absolute Gasteiger partial charge is 0.383 e. The zero-order chi connectivity index (χ0) is 20.8. The first-order valence-corrected chi connectivity index (χ1v) is 9.42. The Morgan fingerprint density at radius 1 is 1.31 bits per heavy atom. The van der Waals surface area contributed by atoms with Crippen molar-refractivity contribution in [1.82, 2.24) is 4.98 Å². The monoisotopic (exact) mass is 408 g/mol. The van der Waals surface area contributed by atoms with Crippen LogP contribution in [0.1, 0.15) is 15.9 Å². The molecule has 2 aromatic carbocycles. The lowest BCUT2D eigenvalue weighted by atomic mass is 10.1. The van der Waals surface area contributed by atoms with E-state index in [1.807, 2.05) is 6.07 Å². The number of aromatic nitrogens is 1. The lowest BCUT2D eigenvalue weighted by Gasteiger charge is -2.19. The Labute approximate surface area is 170 Å². The summed E-state index contributed by atoms with van der Waals surface area (Å²) in [5.74, 6) is -0.288. The van der Waals surface area contributed by atoms with Crippen molar-refractivity contribution in [3.63, 3.8) is 0 Å². The predicted octanol–water partition coefficient (Wildman–Crippen LogP) is 3.88. The molecule has 0 atom stereocenters. The zero-order valence-electron chi connectivity index (χ0n) is 15.4. The lowest BCUT2D eigenvalue weighted by Crippen LogP contribution is -2.33. The molecule has 0 saturated heterocycles. The van der Waals surface area contributed by atoms with E-state index in [4.69, 9.17) is 10.00 Å². The highest BCUT2D eigenvalue weighted by atomic mass is 32.1. The fourth-order valence-corrected chi connectivity index (χ4v) is 3.48. The molecule has 0 aliphatic rings. The van der Waals surface area contributed by atoms with Crippen LogP contribution in [0.5, 0.6) is 0 Å². The molecule has 146 valence electrons. The van der Waals surface area contributed by atoms with E-state index in [1.165, 1.54) is 34.4 Å². The van der Waals surface area contributed by atoms with E-state index in [0.29, 0.717) is 40.7 Å². The van der Waals surface area contributed by atoms with Gasteiger partial charge in [-0.3, -0.25) is 19.8 Å². The number of hydrogen-bond acceptors (Lipinski definition) is 7. The Balaban J connectivity index is 1.90. The highest BCUT2D eigenvalue weighted by Crippen LogP contribution is 2.29. The summed E-state index contributed by atoms with van der Waals surface area (Å²) in [5, 5.41) is 22.2. The standard InChI is InChI=1S/C20H16N4O4S/c1-28-10-9-23(19(25)16-4-2-3-14(11-16)12-21)20-22-18(13-29-20)15-5-7-17(8-6-15)24(26)27/h2-8,11,13H,9-10H2,1H3. The van der Waals surface area contributed by atoms with E-state index in [0.717, 1.165) is 0 Å². The Morgan fingerprint density at radius 2 is 2.07 bits per heavy atom. The Bertz CT molecular complexity index is 1070. The molecule has 9 heteroatoms. The molecule has 29 heavy (non-hydrogen) atoms. The maximum atomic E-state index is 13.0. The lowest BCUT2D eigenvalue weighted by molar-refractivity contribution is -0.384. The Kier molecular flexibility index (Phi) is 6.29. The summed E-state index contributed by atoms with van der Waals surface area (Å²) in [6.07, 6.45) is 0. The van der Waals surface area contributed by atoms with Crippen LogP contribution < -0.4 is 4.90 Å². The average Bonchev–Trinajstić information content (AvgIpc) is 3.24. The number of carbonyl (C=O) groups is 1. The number of hydrogen-bond donors (Lipinski definition) is 0. The Morgan fingerprint density at radius 3 is 2.72 bits per heavy atom. The topological polar surface area (TPSA) is 109 Å². The third kappa shape index (κ3) is 4.63. The van der Waals surface area contributed by atoms with Crippen molar-refractivity contribution in [1.29, 1.82) is 5.26 Å². The fourth-order valence-electron chi connectivity index (χ4n) is 2.62. The summed E-state index contributed by atoms with van der Waals surface area (Å²) >= 11 is 1.29. The first-order chi connectivity index (χ1) is 14.0. The van der Waals surface area contributed by atoms with Gasteiger partial charge >= 0.3 is 0 Å². The second kappa shape index (κ2) is 9.05. The number of methoxy groups -OCH3 is 1. The van der Waals surface area contributed by atoms with Crippen molar-refractivity contribution in [2.75, 3.05) is 25.2 Å². The van der Waals surface area contributed by atoms with Crippen molar-refractivity contribution in [3.05, 3.63) is 75.2 Å². The van der Waals surface area contributed by atoms with Gasteiger partial charge in [-0.25, -0.2) is 4.98 Å². The van der Waals surface area contributed by atoms with Gasteiger partial charge < -0.3 is 4.74 Å². The van der Waals surface area contributed by atoms with Gasteiger partial charge in [-0.05, 0) is 30.3 Å². The number of nitro benzene ring substituents is 1. The van der Waals surface area contributed by atoms with Crippen molar-refractivity contribution < 1.29 is 14.5 Å². The van der Waals surface area contributed by atoms with E-state index in [-0.39, 0.29) is 11.6 Å². The van der Waals surface area contributed by atoms with Gasteiger partial charge in [0.15, 0.2) is 5.13 Å². The summed E-state index contributed by atoms with van der Waals surface area (Å²) < 4.78 is 5.12. The molecule has 1 aromatic heterocycles. The molecular formula is C20H16N4O4S. The Hall–Kier alpha value is -3.61. The summed E-state index contributed by atoms with van der Waals surface area (Å²) in [6, 6.07) is 14.6. The van der Waals surface area contributed by atoms with Gasteiger partial charge in [-0.2, -0.15) is 5.26 Å². The smallest absolute Gasteiger partial charge is 0.269 e. The first-order valence-electron chi connectivity index (χ1n) is 8.55. The van der Waals surface area contributed by atoms with E-state index < -0.39 is 4.92 Å².